The highest BCUT2D eigenvalue weighted by atomic mass is 32.2. The zero-order chi connectivity index (χ0) is 15.3. The largest absolute Gasteiger partial charge is 0.497 e. The summed E-state index contributed by atoms with van der Waals surface area (Å²) >= 11 is 0. The average Bonchev–Trinajstić information content (AvgIpc) is 2.37. The molecule has 1 aromatic carbocycles. The van der Waals surface area contributed by atoms with Gasteiger partial charge in [0.1, 0.15) is 11.5 Å². The lowest BCUT2D eigenvalue weighted by Crippen LogP contribution is -2.31. The van der Waals surface area contributed by atoms with Gasteiger partial charge in [-0.2, -0.15) is 0 Å². The Kier molecular flexibility index (Phi) is 5.17. The third kappa shape index (κ3) is 4.28. The summed E-state index contributed by atoms with van der Waals surface area (Å²) in [6.45, 7) is -0.114. The fraction of sp³-hybridized carbons (Fsp3) is 0.364. The maximum atomic E-state index is 11.9. The van der Waals surface area contributed by atoms with Gasteiger partial charge in [0.15, 0.2) is 0 Å². The van der Waals surface area contributed by atoms with Crippen molar-refractivity contribution >= 4 is 21.6 Å². The number of carbonyl (C=O) groups excluding carboxylic acids is 1. The van der Waals surface area contributed by atoms with E-state index in [0.717, 1.165) is 0 Å². The highest BCUT2D eigenvalue weighted by Gasteiger charge is 2.16. The van der Waals surface area contributed by atoms with E-state index in [1.54, 1.807) is 0 Å². The summed E-state index contributed by atoms with van der Waals surface area (Å²) in [6.07, 6.45) is 0. The van der Waals surface area contributed by atoms with Gasteiger partial charge in [-0.3, -0.25) is 4.79 Å². The first-order valence-corrected chi connectivity index (χ1v) is 7.30. The summed E-state index contributed by atoms with van der Waals surface area (Å²) in [4.78, 5) is 11.9. The zero-order valence-electron chi connectivity index (χ0n) is 11.2. The van der Waals surface area contributed by atoms with Gasteiger partial charge in [-0.25, -0.2) is 13.6 Å². The lowest BCUT2D eigenvalue weighted by Gasteiger charge is -2.12. The number of hydrogen-bond acceptors (Lipinski definition) is 6. The Morgan fingerprint density at radius 2 is 1.95 bits per heavy atom. The van der Waals surface area contributed by atoms with Crippen molar-refractivity contribution in [2.45, 2.75) is 0 Å². The number of amides is 1. The monoisotopic (exact) mass is 303 g/mol. The number of rotatable bonds is 6. The zero-order valence-corrected chi connectivity index (χ0v) is 12.0. The number of primary sulfonamides is 1. The van der Waals surface area contributed by atoms with E-state index in [1.807, 2.05) is 0 Å². The molecule has 1 rings (SSSR count). The van der Waals surface area contributed by atoms with E-state index < -0.39 is 15.9 Å². The summed E-state index contributed by atoms with van der Waals surface area (Å²) in [5.74, 6) is -0.211. The fourth-order valence-electron chi connectivity index (χ4n) is 1.48. The number of ether oxygens (including phenoxy) is 2. The topological polar surface area (TPSA) is 134 Å². The van der Waals surface area contributed by atoms with Crippen molar-refractivity contribution in [2.75, 3.05) is 32.3 Å². The minimum absolute atomic E-state index is 0.114. The van der Waals surface area contributed by atoms with Crippen molar-refractivity contribution in [3.05, 3.63) is 17.7 Å². The number of benzene rings is 1. The molecule has 0 saturated heterocycles. The molecule has 0 aromatic heterocycles. The molecule has 0 radical (unpaired) electrons. The second-order valence-electron chi connectivity index (χ2n) is 3.91. The molecule has 0 fully saturated rings. The number of nitrogen functional groups attached to an aromatic ring is 1. The standard InChI is InChI=1S/C11H17N3O5S/c1-18-7-5-8(10(12)9(6-7)19-2)11(15)14-3-4-20(13,16)17/h5-6H,3-4,12H2,1-2H3,(H,14,15)(H2,13,16,17). The third-order valence-corrected chi connectivity index (χ3v) is 3.26. The van der Waals surface area contributed by atoms with E-state index in [0.29, 0.717) is 11.5 Å². The Bertz CT molecular complexity index is 600. The summed E-state index contributed by atoms with van der Waals surface area (Å²) in [7, 11) is -0.784. The van der Waals surface area contributed by atoms with Gasteiger partial charge in [0.05, 0.1) is 31.2 Å². The molecule has 0 atom stereocenters. The third-order valence-electron chi connectivity index (χ3n) is 2.49. The summed E-state index contributed by atoms with van der Waals surface area (Å²) in [5.41, 5.74) is 6.07. The lowest BCUT2D eigenvalue weighted by molar-refractivity contribution is 0.0956. The molecule has 0 aliphatic carbocycles. The van der Waals surface area contributed by atoms with Crippen LogP contribution in [0.15, 0.2) is 12.1 Å². The van der Waals surface area contributed by atoms with Crippen LogP contribution in [0.3, 0.4) is 0 Å². The molecule has 5 N–H and O–H groups in total. The van der Waals surface area contributed by atoms with Crippen LogP contribution in [0.1, 0.15) is 10.4 Å². The molecule has 0 aliphatic rings. The van der Waals surface area contributed by atoms with Crippen LogP contribution in [-0.4, -0.2) is 40.8 Å². The van der Waals surface area contributed by atoms with E-state index in [-0.39, 0.29) is 23.5 Å². The smallest absolute Gasteiger partial charge is 0.253 e. The highest BCUT2D eigenvalue weighted by molar-refractivity contribution is 7.89. The van der Waals surface area contributed by atoms with Crippen LogP contribution in [0.2, 0.25) is 0 Å². The molecule has 0 aliphatic heterocycles. The van der Waals surface area contributed by atoms with Gasteiger partial charge in [0, 0.05) is 12.6 Å². The number of nitrogens with two attached hydrogens (primary N) is 2. The quantitative estimate of drug-likeness (QED) is 0.595. The predicted octanol–water partition coefficient (Wildman–Crippen LogP) is -0.696. The van der Waals surface area contributed by atoms with Crippen molar-refractivity contribution in [1.82, 2.24) is 5.32 Å². The van der Waals surface area contributed by atoms with Crippen LogP contribution >= 0.6 is 0 Å². The predicted molar refractivity (Wildman–Crippen MR) is 74.3 cm³/mol. The van der Waals surface area contributed by atoms with Crippen LogP contribution in [0.4, 0.5) is 5.69 Å². The molecule has 0 bridgehead atoms. The van der Waals surface area contributed by atoms with Gasteiger partial charge < -0.3 is 20.5 Å². The first kappa shape index (κ1) is 16.1. The van der Waals surface area contributed by atoms with Crippen molar-refractivity contribution in [2.24, 2.45) is 5.14 Å². The average molecular weight is 303 g/mol. The first-order valence-electron chi connectivity index (χ1n) is 5.58. The first-order chi connectivity index (χ1) is 9.28. The molecule has 0 saturated carbocycles. The Hall–Kier alpha value is -2.00. The van der Waals surface area contributed by atoms with Crippen LogP contribution in [0, 0.1) is 0 Å². The fourth-order valence-corrected chi connectivity index (χ4v) is 1.86. The molecule has 8 nitrogen and oxygen atoms in total. The van der Waals surface area contributed by atoms with E-state index in [4.69, 9.17) is 20.3 Å². The molecule has 0 heterocycles. The van der Waals surface area contributed by atoms with Gasteiger partial charge in [0.2, 0.25) is 10.0 Å². The van der Waals surface area contributed by atoms with Crippen molar-refractivity contribution < 1.29 is 22.7 Å². The van der Waals surface area contributed by atoms with E-state index >= 15 is 0 Å². The number of hydrogen-bond donors (Lipinski definition) is 3. The normalized spacial score (nSPS) is 10.9. The van der Waals surface area contributed by atoms with Gasteiger partial charge >= 0.3 is 0 Å². The second kappa shape index (κ2) is 6.44. The van der Waals surface area contributed by atoms with Crippen LogP contribution in [0.5, 0.6) is 11.5 Å². The molecule has 112 valence electrons. The van der Waals surface area contributed by atoms with Crippen LogP contribution < -0.4 is 25.7 Å². The maximum Gasteiger partial charge on any atom is 0.253 e. The lowest BCUT2D eigenvalue weighted by atomic mass is 10.1. The van der Waals surface area contributed by atoms with Crippen LogP contribution in [0.25, 0.3) is 0 Å². The molecule has 1 aromatic rings. The molecule has 0 spiro atoms. The number of carbonyl (C=O) groups is 1. The van der Waals surface area contributed by atoms with Gasteiger partial charge in [0.25, 0.3) is 5.91 Å². The van der Waals surface area contributed by atoms with Crippen molar-refractivity contribution in [3.8, 4) is 11.5 Å². The van der Waals surface area contributed by atoms with E-state index in [2.05, 4.69) is 5.32 Å². The second-order valence-corrected chi connectivity index (χ2v) is 5.65. The van der Waals surface area contributed by atoms with Crippen molar-refractivity contribution in [1.29, 1.82) is 0 Å². The SMILES string of the molecule is COc1cc(OC)c(N)c(C(=O)NCCS(N)(=O)=O)c1. The number of sulfonamides is 1. The minimum atomic E-state index is -3.63. The molecular formula is C11H17N3O5S. The summed E-state index contributed by atoms with van der Waals surface area (Å²) < 4.78 is 31.6. The minimum Gasteiger partial charge on any atom is -0.497 e. The van der Waals surface area contributed by atoms with E-state index in [9.17, 15) is 13.2 Å². The van der Waals surface area contributed by atoms with E-state index in [1.165, 1.54) is 26.4 Å². The molecule has 20 heavy (non-hydrogen) atoms. The Morgan fingerprint density at radius 1 is 1.30 bits per heavy atom. The molecular weight excluding hydrogens is 286 g/mol. The Morgan fingerprint density at radius 3 is 2.45 bits per heavy atom. The molecule has 9 heteroatoms. The Labute approximate surface area is 117 Å². The Balaban J connectivity index is 2.92. The van der Waals surface area contributed by atoms with Gasteiger partial charge in [-0.15, -0.1) is 0 Å². The van der Waals surface area contributed by atoms with Gasteiger partial charge in [-0.05, 0) is 6.07 Å². The van der Waals surface area contributed by atoms with Crippen LogP contribution in [-0.2, 0) is 10.0 Å². The summed E-state index contributed by atoms with van der Waals surface area (Å²) in [6, 6.07) is 2.97. The van der Waals surface area contributed by atoms with Gasteiger partial charge in [-0.1, -0.05) is 0 Å². The highest BCUT2D eigenvalue weighted by Crippen LogP contribution is 2.30. The number of methoxy groups -OCH3 is 2. The van der Waals surface area contributed by atoms with Crippen molar-refractivity contribution in [3.63, 3.8) is 0 Å². The maximum absolute atomic E-state index is 11.9. The number of anilines is 1. The summed E-state index contributed by atoms with van der Waals surface area (Å²) in [5, 5.41) is 7.25. The number of nitrogens with one attached hydrogen (secondary N) is 1. The molecule has 1 amide bonds. The molecule has 0 unspecified atom stereocenters.